The first kappa shape index (κ1) is 51.7. The van der Waals surface area contributed by atoms with Crippen LogP contribution in [0.5, 0.6) is 5.75 Å². The highest BCUT2D eigenvalue weighted by Crippen LogP contribution is 2.48. The highest BCUT2D eigenvalue weighted by Gasteiger charge is 2.42. The summed E-state index contributed by atoms with van der Waals surface area (Å²) in [4.78, 5) is 72.0. The average Bonchev–Trinajstić information content (AvgIpc) is 3.27. The lowest BCUT2D eigenvalue weighted by Crippen LogP contribution is -2.61. The maximum absolute atomic E-state index is 15.4. The van der Waals surface area contributed by atoms with E-state index in [-0.39, 0.29) is 24.3 Å². The van der Waals surface area contributed by atoms with Gasteiger partial charge in [-0.05, 0) is 99.5 Å². The number of amides is 4. The number of carbonyl (C=O) groups excluding carboxylic acids is 4. The third-order valence-corrected chi connectivity index (χ3v) is 13.2. The molecule has 0 aromatic heterocycles. The van der Waals surface area contributed by atoms with Gasteiger partial charge >= 0.3 is 12.1 Å². The number of hydrogen-bond acceptors (Lipinski definition) is 9. The Kier molecular flexibility index (Phi) is 17.4. The molecular formula is C53H62N4O8S2. The second-order valence-electron chi connectivity index (χ2n) is 18.2. The zero-order valence-electron chi connectivity index (χ0n) is 39.3. The van der Waals surface area contributed by atoms with Crippen LogP contribution in [0.25, 0.3) is 0 Å². The summed E-state index contributed by atoms with van der Waals surface area (Å²) in [5, 5.41) is 28.9. The Morgan fingerprint density at radius 1 is 0.672 bits per heavy atom. The van der Waals surface area contributed by atoms with E-state index in [0.29, 0.717) is 22.3 Å². The number of phenols is 1. The molecule has 0 saturated carbocycles. The number of hydrogen-bond donors (Lipinski definition) is 6. The van der Waals surface area contributed by atoms with Crippen molar-refractivity contribution in [1.29, 1.82) is 0 Å². The highest BCUT2D eigenvalue weighted by atomic mass is 32.2. The Labute approximate surface area is 403 Å². The van der Waals surface area contributed by atoms with Crippen LogP contribution in [0.15, 0.2) is 133 Å². The number of carboxylic acids is 1. The van der Waals surface area contributed by atoms with Crippen molar-refractivity contribution in [3.05, 3.63) is 172 Å². The summed E-state index contributed by atoms with van der Waals surface area (Å²) in [5.74, 6) is -3.39. The quantitative estimate of drug-likeness (QED) is 0.0354. The van der Waals surface area contributed by atoms with E-state index in [2.05, 4.69) is 28.6 Å². The molecule has 5 N–H and O–H groups in total. The lowest BCUT2D eigenvalue weighted by atomic mass is 9.84. The Morgan fingerprint density at radius 2 is 1.13 bits per heavy atom. The summed E-state index contributed by atoms with van der Waals surface area (Å²) < 4.78 is 3.49. The van der Waals surface area contributed by atoms with Crippen LogP contribution >= 0.6 is 24.4 Å². The van der Waals surface area contributed by atoms with Gasteiger partial charge in [0, 0.05) is 30.4 Å². The standard InChI is InChI=1S/C53H62N4O8S2/c1-34-29-40(58)30-35(2)41(34)32-42(55-50(64)65-51(3,4)5)46(59)54-43(33-67-53(37-23-15-10-16-24-37,38-25-17-11-18-26-38)39-27-19-12-20-28-39)48(61)57(8)44(31-36-21-13-9-14-22-36)47(60)56-45(49(62)63)52(6,7)66/h9-30,42-45,58,66H,31-33H2,1-8H3,(H,54,59)(H,55,64)(H,56,60)(H,62,63)/t42-,43?,44-,45-/m0/s1. The number of phenolic OH excluding ortho intramolecular Hbond substituents is 1. The molecule has 0 spiro atoms. The van der Waals surface area contributed by atoms with E-state index in [1.165, 1.54) is 23.7 Å². The number of aryl methyl sites for hydroxylation is 2. The van der Waals surface area contributed by atoms with E-state index >= 15 is 4.79 Å². The van der Waals surface area contributed by atoms with Crippen molar-refractivity contribution in [1.82, 2.24) is 20.9 Å². The Morgan fingerprint density at radius 3 is 1.57 bits per heavy atom. The lowest BCUT2D eigenvalue weighted by molar-refractivity contribution is -0.145. The molecule has 1 unspecified atom stereocenters. The number of thiol groups is 1. The normalized spacial score (nSPS) is 13.6. The Balaban J connectivity index is 1.65. The Hall–Kier alpha value is -6.25. The number of thioether (sulfide) groups is 1. The number of rotatable bonds is 19. The van der Waals surface area contributed by atoms with Crippen molar-refractivity contribution in [3.63, 3.8) is 0 Å². The SMILES string of the molecule is Cc1cc(O)cc(C)c1C[C@H](NC(=O)OC(C)(C)C)C(=O)NC(CSC(c1ccccc1)(c1ccccc1)c1ccccc1)C(=O)N(C)[C@@H](Cc1ccccc1)C(=O)N[C@@H](C(=O)O)C(C)(C)S. The van der Waals surface area contributed by atoms with Crippen LogP contribution in [0, 0.1) is 13.8 Å². The molecule has 5 aromatic carbocycles. The molecule has 0 aliphatic rings. The van der Waals surface area contributed by atoms with Gasteiger partial charge in [-0.1, -0.05) is 121 Å². The molecular weight excluding hydrogens is 885 g/mol. The molecule has 5 rings (SSSR count). The van der Waals surface area contributed by atoms with Crippen LogP contribution in [-0.2, 0) is 41.5 Å². The van der Waals surface area contributed by atoms with Crippen molar-refractivity contribution < 1.29 is 38.9 Å². The molecule has 0 fully saturated rings. The van der Waals surface area contributed by atoms with Crippen molar-refractivity contribution in [2.24, 2.45) is 0 Å². The molecule has 4 atom stereocenters. The maximum atomic E-state index is 15.4. The van der Waals surface area contributed by atoms with Crippen molar-refractivity contribution >= 4 is 54.2 Å². The minimum Gasteiger partial charge on any atom is -0.508 e. The van der Waals surface area contributed by atoms with Crippen molar-refractivity contribution in [2.75, 3.05) is 12.8 Å². The van der Waals surface area contributed by atoms with E-state index in [1.807, 2.05) is 97.1 Å². The summed E-state index contributed by atoms with van der Waals surface area (Å²) >= 11 is 5.90. The van der Waals surface area contributed by atoms with Crippen LogP contribution in [-0.4, -0.2) is 92.2 Å². The molecule has 67 heavy (non-hydrogen) atoms. The number of ether oxygens (including phenoxy) is 1. The number of aromatic hydroxyl groups is 1. The molecule has 0 aliphatic heterocycles. The molecule has 0 heterocycles. The molecule has 14 heteroatoms. The molecule has 5 aromatic rings. The van der Waals surface area contributed by atoms with E-state index in [9.17, 15) is 29.4 Å². The van der Waals surface area contributed by atoms with Gasteiger partial charge in [-0.15, -0.1) is 11.8 Å². The van der Waals surface area contributed by atoms with Gasteiger partial charge < -0.3 is 35.8 Å². The first-order valence-corrected chi connectivity index (χ1v) is 23.5. The third kappa shape index (κ3) is 13.7. The summed E-state index contributed by atoms with van der Waals surface area (Å²) in [5.41, 5.74) is 4.57. The lowest BCUT2D eigenvalue weighted by Gasteiger charge is -2.38. The number of nitrogens with zero attached hydrogens (tertiary/aromatic N) is 1. The van der Waals surface area contributed by atoms with Gasteiger partial charge in [0.2, 0.25) is 17.7 Å². The summed E-state index contributed by atoms with van der Waals surface area (Å²) in [7, 11) is 1.46. The highest BCUT2D eigenvalue weighted by molar-refractivity contribution is 8.00. The zero-order valence-corrected chi connectivity index (χ0v) is 41.0. The zero-order chi connectivity index (χ0) is 49.1. The van der Waals surface area contributed by atoms with Gasteiger partial charge in [-0.3, -0.25) is 14.4 Å². The van der Waals surface area contributed by atoms with Crippen LogP contribution in [0.2, 0.25) is 0 Å². The Bertz CT molecular complexity index is 2360. The fourth-order valence-corrected chi connectivity index (χ4v) is 9.73. The first-order chi connectivity index (χ1) is 31.6. The minimum atomic E-state index is -1.43. The molecule has 0 saturated heterocycles. The van der Waals surface area contributed by atoms with Crippen LogP contribution in [0.3, 0.4) is 0 Å². The van der Waals surface area contributed by atoms with Crippen LogP contribution in [0.4, 0.5) is 4.79 Å². The molecule has 0 bridgehead atoms. The fourth-order valence-electron chi connectivity index (χ4n) is 8.00. The summed E-state index contributed by atoms with van der Waals surface area (Å²) in [6.45, 7) is 11.8. The number of carbonyl (C=O) groups is 5. The van der Waals surface area contributed by atoms with E-state index in [0.717, 1.165) is 16.7 Å². The number of alkyl carbamates (subject to hydrolysis) is 1. The average molecular weight is 947 g/mol. The molecule has 12 nitrogen and oxygen atoms in total. The molecule has 0 aliphatic carbocycles. The molecule has 0 radical (unpaired) electrons. The fraction of sp³-hybridized carbons (Fsp3) is 0.340. The van der Waals surface area contributed by atoms with E-state index in [1.54, 1.807) is 84.9 Å². The summed E-state index contributed by atoms with van der Waals surface area (Å²) in [6.07, 6.45) is -0.872. The number of carboxylic acid groups (broad SMARTS) is 1. The van der Waals surface area contributed by atoms with Gasteiger partial charge in [-0.25, -0.2) is 9.59 Å². The predicted octanol–water partition coefficient (Wildman–Crippen LogP) is 8.00. The van der Waals surface area contributed by atoms with Gasteiger partial charge in [0.1, 0.15) is 35.5 Å². The first-order valence-electron chi connectivity index (χ1n) is 22.1. The maximum Gasteiger partial charge on any atom is 0.408 e. The summed E-state index contributed by atoms with van der Waals surface area (Å²) in [6, 6.07) is 36.4. The predicted molar refractivity (Wildman–Crippen MR) is 267 cm³/mol. The minimum absolute atomic E-state index is 0.00623. The van der Waals surface area contributed by atoms with Gasteiger partial charge in [0.05, 0.1) is 4.75 Å². The van der Waals surface area contributed by atoms with Crippen LogP contribution in [0.1, 0.15) is 73.6 Å². The van der Waals surface area contributed by atoms with E-state index in [4.69, 9.17) is 4.74 Å². The molecule has 4 amide bonds. The van der Waals surface area contributed by atoms with Crippen LogP contribution < -0.4 is 16.0 Å². The van der Waals surface area contributed by atoms with Crippen molar-refractivity contribution in [3.8, 4) is 5.75 Å². The van der Waals surface area contributed by atoms with Gasteiger partial charge in [0.25, 0.3) is 0 Å². The third-order valence-electron chi connectivity index (χ3n) is 11.3. The topological polar surface area (TPSA) is 174 Å². The second-order valence-corrected chi connectivity index (χ2v) is 20.6. The van der Waals surface area contributed by atoms with Gasteiger partial charge in [-0.2, -0.15) is 12.6 Å². The second kappa shape index (κ2) is 22.5. The monoisotopic (exact) mass is 946 g/mol. The number of nitrogens with one attached hydrogen (secondary N) is 3. The number of likely N-dealkylation sites (N-methyl/N-ethyl adjacent to an activating group) is 1. The molecule has 354 valence electrons. The number of benzene rings is 5. The smallest absolute Gasteiger partial charge is 0.408 e. The largest absolute Gasteiger partial charge is 0.508 e. The van der Waals surface area contributed by atoms with E-state index < -0.39 is 69.0 Å². The van der Waals surface area contributed by atoms with Crippen molar-refractivity contribution in [2.45, 2.75) is 101 Å². The number of aliphatic carboxylic acids is 1. The van der Waals surface area contributed by atoms with Gasteiger partial charge in [0.15, 0.2) is 0 Å².